The highest BCUT2D eigenvalue weighted by atomic mass is 35.5. The van der Waals surface area contributed by atoms with Gasteiger partial charge in [-0.25, -0.2) is 4.79 Å². The monoisotopic (exact) mass is 262 g/mol. The van der Waals surface area contributed by atoms with Gasteiger partial charge < -0.3 is 15.4 Å². The maximum Gasteiger partial charge on any atom is 0.410 e. The van der Waals surface area contributed by atoms with E-state index in [9.17, 15) is 4.79 Å². The molecule has 0 aromatic heterocycles. The second-order valence-electron chi connectivity index (χ2n) is 5.96. The minimum atomic E-state index is -0.419. The van der Waals surface area contributed by atoms with Gasteiger partial charge in [0.25, 0.3) is 0 Å². The van der Waals surface area contributed by atoms with Crippen molar-refractivity contribution in [3.63, 3.8) is 0 Å². The summed E-state index contributed by atoms with van der Waals surface area (Å²) in [7, 11) is 0. The van der Waals surface area contributed by atoms with E-state index in [1.54, 1.807) is 0 Å². The van der Waals surface area contributed by atoms with Crippen LogP contribution in [0.3, 0.4) is 0 Å². The molecule has 17 heavy (non-hydrogen) atoms. The fourth-order valence-electron chi connectivity index (χ4n) is 2.88. The van der Waals surface area contributed by atoms with Crippen LogP contribution in [0.15, 0.2) is 0 Å². The Hall–Kier alpha value is -0.480. The van der Waals surface area contributed by atoms with Gasteiger partial charge in [-0.3, -0.25) is 0 Å². The van der Waals surface area contributed by atoms with Crippen LogP contribution in [0, 0.1) is 5.92 Å². The molecule has 5 heteroatoms. The number of halogens is 1. The standard InChI is InChI=1S/C12H22N2O2.ClH/c1-12(2,3)16-11(15)14-7-9(13)8-5-4-6-10(8)14;/h8-10H,4-7,13H2,1-3H3;1H. The molecule has 1 aliphatic heterocycles. The SMILES string of the molecule is CC(C)(C)OC(=O)N1CC(N)C2CCCC21.Cl. The first kappa shape index (κ1) is 14.6. The molecule has 3 unspecified atom stereocenters. The molecule has 2 fully saturated rings. The molecule has 0 aromatic rings. The van der Waals surface area contributed by atoms with E-state index in [1.807, 2.05) is 25.7 Å². The maximum atomic E-state index is 12.0. The van der Waals surface area contributed by atoms with Crippen molar-refractivity contribution in [3.8, 4) is 0 Å². The van der Waals surface area contributed by atoms with E-state index in [0.717, 1.165) is 12.8 Å². The second-order valence-corrected chi connectivity index (χ2v) is 5.96. The number of fused-ring (bicyclic) bond motifs is 1. The summed E-state index contributed by atoms with van der Waals surface area (Å²) in [4.78, 5) is 13.8. The van der Waals surface area contributed by atoms with Gasteiger partial charge in [0.15, 0.2) is 0 Å². The average molecular weight is 263 g/mol. The topological polar surface area (TPSA) is 55.6 Å². The van der Waals surface area contributed by atoms with E-state index in [4.69, 9.17) is 10.5 Å². The zero-order chi connectivity index (χ0) is 11.9. The third-order valence-electron chi connectivity index (χ3n) is 3.52. The Bertz CT molecular complexity index is 291. The summed E-state index contributed by atoms with van der Waals surface area (Å²) < 4.78 is 5.41. The Morgan fingerprint density at radius 1 is 1.35 bits per heavy atom. The van der Waals surface area contributed by atoms with Crippen molar-refractivity contribution in [2.45, 2.75) is 57.7 Å². The van der Waals surface area contributed by atoms with Crippen LogP contribution >= 0.6 is 12.4 Å². The van der Waals surface area contributed by atoms with E-state index in [0.29, 0.717) is 18.5 Å². The molecule has 2 aliphatic rings. The molecule has 0 aromatic carbocycles. The first-order chi connectivity index (χ1) is 7.38. The number of carbonyl (C=O) groups is 1. The largest absolute Gasteiger partial charge is 0.444 e. The molecule has 1 saturated carbocycles. The van der Waals surface area contributed by atoms with Gasteiger partial charge in [-0.05, 0) is 39.5 Å². The normalized spacial score (nSPS) is 32.0. The van der Waals surface area contributed by atoms with Gasteiger partial charge >= 0.3 is 6.09 Å². The molecule has 0 bridgehead atoms. The number of amides is 1. The molecular formula is C12H23ClN2O2. The molecule has 1 amide bonds. The van der Waals surface area contributed by atoms with E-state index in [2.05, 4.69) is 0 Å². The van der Waals surface area contributed by atoms with Crippen molar-refractivity contribution in [1.29, 1.82) is 0 Å². The van der Waals surface area contributed by atoms with E-state index in [-0.39, 0.29) is 24.5 Å². The first-order valence-electron chi connectivity index (χ1n) is 6.14. The van der Waals surface area contributed by atoms with E-state index < -0.39 is 5.60 Å². The summed E-state index contributed by atoms with van der Waals surface area (Å²) in [6, 6.07) is 0.463. The average Bonchev–Trinajstić information content (AvgIpc) is 2.66. The Balaban J connectivity index is 0.00000144. The smallest absolute Gasteiger partial charge is 0.410 e. The lowest BCUT2D eigenvalue weighted by Crippen LogP contribution is -2.40. The van der Waals surface area contributed by atoms with Gasteiger partial charge in [0, 0.05) is 18.6 Å². The summed E-state index contributed by atoms with van der Waals surface area (Å²) >= 11 is 0. The molecule has 1 saturated heterocycles. The zero-order valence-electron chi connectivity index (χ0n) is 10.8. The fraction of sp³-hybridized carbons (Fsp3) is 0.917. The number of hydrogen-bond donors (Lipinski definition) is 1. The molecule has 2 rings (SSSR count). The zero-order valence-corrected chi connectivity index (χ0v) is 11.6. The summed E-state index contributed by atoms with van der Waals surface area (Å²) in [6.07, 6.45) is 3.22. The minimum Gasteiger partial charge on any atom is -0.444 e. The summed E-state index contributed by atoms with van der Waals surface area (Å²) in [5, 5.41) is 0. The predicted molar refractivity (Wildman–Crippen MR) is 69.3 cm³/mol. The van der Waals surface area contributed by atoms with Crippen molar-refractivity contribution in [1.82, 2.24) is 4.90 Å². The lowest BCUT2D eigenvalue weighted by molar-refractivity contribution is 0.0217. The van der Waals surface area contributed by atoms with Crippen LogP contribution in [0.25, 0.3) is 0 Å². The molecular weight excluding hydrogens is 240 g/mol. The van der Waals surface area contributed by atoms with Crippen LogP contribution in [0.2, 0.25) is 0 Å². The van der Waals surface area contributed by atoms with Crippen molar-refractivity contribution in [3.05, 3.63) is 0 Å². The molecule has 4 nitrogen and oxygen atoms in total. The van der Waals surface area contributed by atoms with Crippen molar-refractivity contribution < 1.29 is 9.53 Å². The molecule has 100 valence electrons. The van der Waals surface area contributed by atoms with Crippen LogP contribution in [-0.2, 0) is 4.74 Å². The summed E-state index contributed by atoms with van der Waals surface area (Å²) in [5.74, 6) is 0.493. The lowest BCUT2D eigenvalue weighted by Gasteiger charge is -2.28. The van der Waals surface area contributed by atoms with Crippen molar-refractivity contribution in [2.75, 3.05) is 6.54 Å². The van der Waals surface area contributed by atoms with E-state index >= 15 is 0 Å². The van der Waals surface area contributed by atoms with Gasteiger partial charge in [0.05, 0.1) is 0 Å². The quantitative estimate of drug-likeness (QED) is 0.728. The number of nitrogens with two attached hydrogens (primary N) is 1. The van der Waals surface area contributed by atoms with Crippen LogP contribution in [0.1, 0.15) is 40.0 Å². The van der Waals surface area contributed by atoms with Crippen LogP contribution in [0.5, 0.6) is 0 Å². The molecule has 2 N–H and O–H groups in total. The van der Waals surface area contributed by atoms with E-state index in [1.165, 1.54) is 6.42 Å². The van der Waals surface area contributed by atoms with Crippen LogP contribution in [0.4, 0.5) is 4.79 Å². The number of nitrogens with zero attached hydrogens (tertiary/aromatic N) is 1. The Kier molecular flexibility index (Phi) is 4.31. The van der Waals surface area contributed by atoms with Gasteiger partial charge in [-0.2, -0.15) is 0 Å². The second kappa shape index (κ2) is 5.02. The Labute approximate surface area is 109 Å². The summed E-state index contributed by atoms with van der Waals surface area (Å²) in [6.45, 7) is 6.34. The van der Waals surface area contributed by atoms with Crippen molar-refractivity contribution >= 4 is 18.5 Å². The number of ether oxygens (including phenoxy) is 1. The highest BCUT2D eigenvalue weighted by Gasteiger charge is 2.45. The third-order valence-corrected chi connectivity index (χ3v) is 3.52. The molecule has 0 spiro atoms. The molecule has 1 aliphatic carbocycles. The van der Waals surface area contributed by atoms with Gasteiger partial charge in [-0.15, -0.1) is 12.4 Å². The summed E-state index contributed by atoms with van der Waals surface area (Å²) in [5.41, 5.74) is 5.64. The lowest BCUT2D eigenvalue weighted by atomic mass is 10.0. The molecule has 3 atom stereocenters. The maximum absolute atomic E-state index is 12.0. The van der Waals surface area contributed by atoms with Crippen molar-refractivity contribution in [2.24, 2.45) is 11.7 Å². The van der Waals surface area contributed by atoms with Crippen LogP contribution in [-0.4, -0.2) is 35.2 Å². The van der Waals surface area contributed by atoms with Crippen LogP contribution < -0.4 is 5.73 Å². The minimum absolute atomic E-state index is 0. The highest BCUT2D eigenvalue weighted by molar-refractivity contribution is 5.85. The molecule has 0 radical (unpaired) electrons. The van der Waals surface area contributed by atoms with Gasteiger partial charge in [0.1, 0.15) is 5.60 Å². The predicted octanol–water partition coefficient (Wildman–Crippen LogP) is 2.15. The fourth-order valence-corrected chi connectivity index (χ4v) is 2.88. The number of carbonyl (C=O) groups excluding carboxylic acids is 1. The number of likely N-dealkylation sites (tertiary alicyclic amines) is 1. The Morgan fingerprint density at radius 3 is 2.59 bits per heavy atom. The third kappa shape index (κ3) is 3.05. The Morgan fingerprint density at radius 2 is 2.00 bits per heavy atom. The number of hydrogen-bond acceptors (Lipinski definition) is 3. The molecule has 1 heterocycles. The van der Waals surface area contributed by atoms with Gasteiger partial charge in [-0.1, -0.05) is 6.42 Å². The van der Waals surface area contributed by atoms with Gasteiger partial charge in [0.2, 0.25) is 0 Å². The number of rotatable bonds is 0. The highest BCUT2D eigenvalue weighted by Crippen LogP contribution is 2.37. The first-order valence-corrected chi connectivity index (χ1v) is 6.14.